The zero-order chi connectivity index (χ0) is 28.0. The van der Waals surface area contributed by atoms with Crippen LogP contribution >= 0.6 is 0 Å². The van der Waals surface area contributed by atoms with Crippen LogP contribution in [0, 0.1) is 0 Å². The predicted octanol–water partition coefficient (Wildman–Crippen LogP) is 2.57. The largest absolute Gasteiger partial charge is 0.497 e. The molecule has 222 valence electrons. The molecule has 3 saturated heterocycles. The fraction of sp³-hybridized carbons (Fsp3) is 0.581. The summed E-state index contributed by atoms with van der Waals surface area (Å²) < 4.78 is 16.3. The number of morpholine rings is 1. The molecule has 0 amide bonds. The van der Waals surface area contributed by atoms with E-state index in [1.54, 1.807) is 14.2 Å². The molecule has 3 aliphatic heterocycles. The molecule has 2 aromatic carbocycles. The zero-order valence-electron chi connectivity index (χ0n) is 24.5. The van der Waals surface area contributed by atoms with Crippen molar-refractivity contribution in [3.05, 3.63) is 53.3 Å². The standard InChI is InChI=1S/C31H45N7O3/c1-39-26-17-23(18-27(21-26)40-2)3-5-25-20-30(35-34-25)31-32-28-6-4-24(19-29(28)33-31)22-38-11-9-36(10-12-38)7-8-37-13-15-41-16-14-37/h4,6,17-19,21,25,30,34-35H,3,5,7-16,20,22H2,1-2H3,(H,32,33). The van der Waals surface area contributed by atoms with Crippen LogP contribution in [0.2, 0.25) is 0 Å². The third kappa shape index (κ3) is 7.38. The van der Waals surface area contributed by atoms with Gasteiger partial charge in [-0.15, -0.1) is 0 Å². The van der Waals surface area contributed by atoms with Gasteiger partial charge in [-0.05, 0) is 54.7 Å². The minimum atomic E-state index is 0.168. The lowest BCUT2D eigenvalue weighted by Gasteiger charge is -2.36. The number of aryl methyl sites for hydroxylation is 1. The van der Waals surface area contributed by atoms with Crippen molar-refractivity contribution in [1.82, 2.24) is 35.5 Å². The molecule has 1 aromatic heterocycles. The van der Waals surface area contributed by atoms with Crippen LogP contribution in [0.3, 0.4) is 0 Å². The van der Waals surface area contributed by atoms with Crippen LogP contribution in [0.5, 0.6) is 11.5 Å². The maximum Gasteiger partial charge on any atom is 0.125 e. The molecule has 4 heterocycles. The second kappa shape index (κ2) is 13.5. The highest BCUT2D eigenvalue weighted by atomic mass is 16.5. The highest BCUT2D eigenvalue weighted by Gasteiger charge is 2.27. The van der Waals surface area contributed by atoms with Gasteiger partial charge in [-0.25, -0.2) is 10.4 Å². The van der Waals surface area contributed by atoms with Crippen molar-refractivity contribution in [2.45, 2.75) is 37.9 Å². The van der Waals surface area contributed by atoms with Gasteiger partial charge in [-0.3, -0.25) is 20.1 Å². The van der Waals surface area contributed by atoms with Crippen molar-refractivity contribution < 1.29 is 14.2 Å². The van der Waals surface area contributed by atoms with E-state index < -0.39 is 0 Å². The highest BCUT2D eigenvalue weighted by molar-refractivity contribution is 5.76. The summed E-state index contributed by atoms with van der Waals surface area (Å²) in [5.74, 6) is 2.67. The van der Waals surface area contributed by atoms with Crippen LogP contribution in [-0.4, -0.2) is 111 Å². The van der Waals surface area contributed by atoms with Crippen molar-refractivity contribution in [2.75, 3.05) is 79.8 Å². The molecule has 3 fully saturated rings. The lowest BCUT2D eigenvalue weighted by Crippen LogP contribution is -2.49. The molecule has 3 aromatic rings. The molecule has 10 nitrogen and oxygen atoms in total. The van der Waals surface area contributed by atoms with E-state index >= 15 is 0 Å². The molecule has 2 atom stereocenters. The SMILES string of the molecule is COc1cc(CCC2CC(c3nc4ccc(CN5CCN(CCN6CCOCC6)CC5)cc4[nH]3)NN2)cc(OC)c1. The number of hydrogen-bond donors (Lipinski definition) is 3. The van der Waals surface area contributed by atoms with Gasteiger partial charge in [-0.2, -0.15) is 0 Å². The van der Waals surface area contributed by atoms with Gasteiger partial charge in [0.1, 0.15) is 17.3 Å². The molecule has 0 saturated carbocycles. The molecule has 3 N–H and O–H groups in total. The maximum atomic E-state index is 5.47. The number of aromatic nitrogens is 2. The molecule has 10 heteroatoms. The second-order valence-electron chi connectivity index (χ2n) is 11.6. The average Bonchev–Trinajstić information content (AvgIpc) is 3.67. The Balaban J connectivity index is 0.976. The molecular formula is C31H45N7O3. The second-order valence-corrected chi connectivity index (χ2v) is 11.6. The van der Waals surface area contributed by atoms with Gasteiger partial charge in [0.15, 0.2) is 0 Å². The Labute approximate surface area is 243 Å². The van der Waals surface area contributed by atoms with Crippen molar-refractivity contribution in [3.8, 4) is 11.5 Å². The summed E-state index contributed by atoms with van der Waals surface area (Å²) in [5, 5.41) is 0. The summed E-state index contributed by atoms with van der Waals surface area (Å²) in [7, 11) is 3.38. The summed E-state index contributed by atoms with van der Waals surface area (Å²) in [5.41, 5.74) is 11.7. The van der Waals surface area contributed by atoms with Gasteiger partial charge in [0.05, 0.1) is 44.5 Å². The van der Waals surface area contributed by atoms with Crippen molar-refractivity contribution in [1.29, 1.82) is 0 Å². The van der Waals surface area contributed by atoms with E-state index in [9.17, 15) is 0 Å². The minimum absolute atomic E-state index is 0.168. The number of hydrogen-bond acceptors (Lipinski definition) is 9. The fourth-order valence-corrected chi connectivity index (χ4v) is 6.22. The number of nitrogens with zero attached hydrogens (tertiary/aromatic N) is 4. The van der Waals surface area contributed by atoms with E-state index in [-0.39, 0.29) is 6.04 Å². The number of H-pyrrole nitrogens is 1. The maximum absolute atomic E-state index is 5.47. The smallest absolute Gasteiger partial charge is 0.125 e. The Kier molecular flexibility index (Phi) is 9.35. The van der Waals surface area contributed by atoms with Gasteiger partial charge in [-0.1, -0.05) is 6.07 Å². The first-order chi connectivity index (χ1) is 20.1. The molecule has 41 heavy (non-hydrogen) atoms. The van der Waals surface area contributed by atoms with Gasteiger partial charge in [0.2, 0.25) is 0 Å². The third-order valence-corrected chi connectivity index (χ3v) is 8.78. The van der Waals surface area contributed by atoms with Gasteiger partial charge < -0.3 is 19.2 Å². The Morgan fingerprint density at radius 1 is 0.829 bits per heavy atom. The number of rotatable bonds is 11. The van der Waals surface area contributed by atoms with Crippen LogP contribution in [0.4, 0.5) is 0 Å². The van der Waals surface area contributed by atoms with Crippen LogP contribution in [0.1, 0.15) is 35.8 Å². The van der Waals surface area contributed by atoms with Crippen LogP contribution < -0.4 is 20.3 Å². The fourth-order valence-electron chi connectivity index (χ4n) is 6.22. The summed E-state index contributed by atoms with van der Waals surface area (Å²) in [6.45, 7) is 11.8. The van der Waals surface area contributed by atoms with E-state index in [1.165, 1.54) is 11.1 Å². The molecule has 0 spiro atoms. The Morgan fingerprint density at radius 2 is 1.54 bits per heavy atom. The number of aromatic amines is 1. The van der Waals surface area contributed by atoms with Gasteiger partial charge in [0.25, 0.3) is 0 Å². The number of hydrazine groups is 1. The van der Waals surface area contributed by atoms with E-state index in [0.29, 0.717) is 6.04 Å². The summed E-state index contributed by atoms with van der Waals surface area (Å²) in [4.78, 5) is 16.3. The first kappa shape index (κ1) is 28.4. The van der Waals surface area contributed by atoms with E-state index in [2.05, 4.69) is 60.9 Å². The highest BCUT2D eigenvalue weighted by Crippen LogP contribution is 2.27. The Bertz CT molecular complexity index is 1250. The number of methoxy groups -OCH3 is 2. The number of fused-ring (bicyclic) bond motifs is 1. The zero-order valence-corrected chi connectivity index (χ0v) is 24.5. The number of imidazole rings is 1. The topological polar surface area (TPSA) is 90.2 Å². The molecule has 2 unspecified atom stereocenters. The average molecular weight is 564 g/mol. The van der Waals surface area contributed by atoms with Crippen molar-refractivity contribution >= 4 is 11.0 Å². The predicted molar refractivity (Wildman–Crippen MR) is 160 cm³/mol. The summed E-state index contributed by atoms with van der Waals surface area (Å²) in [6, 6.07) is 13.3. The van der Waals surface area contributed by atoms with Crippen molar-refractivity contribution in [3.63, 3.8) is 0 Å². The van der Waals surface area contributed by atoms with E-state index in [1.807, 2.05) is 6.07 Å². The van der Waals surface area contributed by atoms with Gasteiger partial charge in [0, 0.05) is 71.0 Å². The van der Waals surface area contributed by atoms with Crippen LogP contribution in [0.25, 0.3) is 11.0 Å². The normalized spacial score (nSPS) is 22.9. The first-order valence-electron chi connectivity index (χ1n) is 15.1. The van der Waals surface area contributed by atoms with Crippen LogP contribution in [-0.2, 0) is 17.7 Å². The Morgan fingerprint density at radius 3 is 2.27 bits per heavy atom. The molecule has 6 rings (SSSR count). The lowest BCUT2D eigenvalue weighted by atomic mass is 10.0. The number of ether oxygens (including phenoxy) is 3. The molecule has 0 bridgehead atoms. The Hall–Kier alpha value is -2.73. The summed E-state index contributed by atoms with van der Waals surface area (Å²) in [6.07, 6.45) is 2.96. The van der Waals surface area contributed by atoms with Gasteiger partial charge >= 0.3 is 0 Å². The quantitative estimate of drug-likeness (QED) is 0.326. The van der Waals surface area contributed by atoms with Crippen molar-refractivity contribution in [2.24, 2.45) is 0 Å². The van der Waals surface area contributed by atoms with E-state index in [0.717, 1.165) is 120 Å². The lowest BCUT2D eigenvalue weighted by molar-refractivity contribution is 0.0297. The number of nitrogens with one attached hydrogen (secondary N) is 3. The number of piperazine rings is 1. The third-order valence-electron chi connectivity index (χ3n) is 8.78. The van der Waals surface area contributed by atoms with Crippen LogP contribution in [0.15, 0.2) is 36.4 Å². The number of benzene rings is 2. The minimum Gasteiger partial charge on any atom is -0.497 e. The molecule has 3 aliphatic rings. The molecule has 0 aliphatic carbocycles. The first-order valence-corrected chi connectivity index (χ1v) is 15.1. The molecular weight excluding hydrogens is 518 g/mol. The van der Waals surface area contributed by atoms with E-state index in [4.69, 9.17) is 19.2 Å². The monoisotopic (exact) mass is 563 g/mol. The summed E-state index contributed by atoms with van der Waals surface area (Å²) >= 11 is 0. The molecule has 0 radical (unpaired) electrons.